The highest BCUT2D eigenvalue weighted by Crippen LogP contribution is 2.41. The van der Waals surface area contributed by atoms with Crippen LogP contribution in [-0.2, 0) is 6.54 Å². The number of aromatic nitrogens is 3. The minimum atomic E-state index is 0.0906. The van der Waals surface area contributed by atoms with Crippen molar-refractivity contribution in [2.24, 2.45) is 0 Å². The molecule has 1 aliphatic carbocycles. The first-order chi connectivity index (χ1) is 10.3. The monoisotopic (exact) mass is 302 g/mol. The average Bonchev–Trinajstić information content (AvgIpc) is 2.96. The Morgan fingerprint density at radius 1 is 1.38 bits per heavy atom. The molecule has 110 valence electrons. The molecular formula is C15H18N4OS. The van der Waals surface area contributed by atoms with Crippen LogP contribution in [0.5, 0.6) is 0 Å². The quantitative estimate of drug-likeness (QED) is 0.872. The summed E-state index contributed by atoms with van der Waals surface area (Å²) in [6.45, 7) is 1.61. The fourth-order valence-electron chi connectivity index (χ4n) is 2.97. The lowest BCUT2D eigenvalue weighted by Gasteiger charge is -2.23. The van der Waals surface area contributed by atoms with E-state index in [1.165, 1.54) is 12.8 Å². The molecule has 0 unspecified atom stereocenters. The zero-order valence-electron chi connectivity index (χ0n) is 11.8. The van der Waals surface area contributed by atoms with Gasteiger partial charge in [-0.2, -0.15) is 5.10 Å². The largest absolute Gasteiger partial charge is 0.332 e. The van der Waals surface area contributed by atoms with Crippen LogP contribution in [0.3, 0.4) is 0 Å². The van der Waals surface area contributed by atoms with Crippen molar-refractivity contribution in [3.63, 3.8) is 0 Å². The van der Waals surface area contributed by atoms with Gasteiger partial charge in [-0.25, -0.2) is 4.98 Å². The van der Waals surface area contributed by atoms with E-state index >= 15 is 0 Å². The molecule has 2 aromatic heterocycles. The molecule has 1 saturated carbocycles. The van der Waals surface area contributed by atoms with Crippen LogP contribution in [0.2, 0.25) is 0 Å². The number of hydrogen-bond acceptors (Lipinski definition) is 4. The second kappa shape index (κ2) is 5.26. The number of thiazole rings is 1. The molecule has 6 heteroatoms. The molecule has 2 fully saturated rings. The van der Waals surface area contributed by atoms with Crippen LogP contribution in [-0.4, -0.2) is 38.2 Å². The van der Waals surface area contributed by atoms with Gasteiger partial charge in [-0.15, -0.1) is 11.3 Å². The lowest BCUT2D eigenvalue weighted by atomic mass is 10.2. The Hall–Kier alpha value is -1.69. The van der Waals surface area contributed by atoms with Gasteiger partial charge in [0.2, 0.25) is 0 Å². The summed E-state index contributed by atoms with van der Waals surface area (Å²) in [6.07, 6.45) is 8.31. The molecule has 2 aliphatic rings. The van der Waals surface area contributed by atoms with Gasteiger partial charge < -0.3 is 4.90 Å². The average molecular weight is 302 g/mol. The van der Waals surface area contributed by atoms with Gasteiger partial charge in [0.05, 0.1) is 17.6 Å². The van der Waals surface area contributed by atoms with Gasteiger partial charge in [-0.05, 0) is 31.7 Å². The molecule has 0 radical (unpaired) electrons. The molecule has 3 heterocycles. The predicted molar refractivity (Wildman–Crippen MR) is 80.4 cm³/mol. The predicted octanol–water partition coefficient (Wildman–Crippen LogP) is 2.52. The zero-order chi connectivity index (χ0) is 14.2. The van der Waals surface area contributed by atoms with E-state index < -0.39 is 0 Å². The summed E-state index contributed by atoms with van der Waals surface area (Å²) in [6, 6.07) is 2.16. The van der Waals surface area contributed by atoms with Crippen molar-refractivity contribution in [3.05, 3.63) is 34.5 Å². The fourth-order valence-corrected chi connectivity index (χ4v) is 3.93. The normalized spacial score (nSPS) is 21.9. The Morgan fingerprint density at radius 2 is 2.29 bits per heavy atom. The van der Waals surface area contributed by atoms with Crippen LogP contribution < -0.4 is 0 Å². The first-order valence-corrected chi connectivity index (χ1v) is 8.43. The highest BCUT2D eigenvalue weighted by Gasteiger charge is 2.32. The lowest BCUT2D eigenvalue weighted by Crippen LogP contribution is -2.38. The standard InChI is InChI=1S/C15H18N4OS/c20-15(13-10-21-14(17-13)11-4-5-11)19-8-1-3-12(19)9-18-7-2-6-16-18/h2,6-7,10-12H,1,3-5,8-9H2/t12-/m0/s1. The maximum atomic E-state index is 12.7. The lowest BCUT2D eigenvalue weighted by molar-refractivity contribution is 0.0716. The first kappa shape index (κ1) is 13.0. The maximum absolute atomic E-state index is 12.7. The van der Waals surface area contributed by atoms with E-state index in [0.29, 0.717) is 11.6 Å². The number of hydrogen-bond donors (Lipinski definition) is 0. The Labute approximate surface area is 127 Å². The molecule has 1 saturated heterocycles. The smallest absolute Gasteiger partial charge is 0.273 e. The van der Waals surface area contributed by atoms with Crippen LogP contribution >= 0.6 is 11.3 Å². The summed E-state index contributed by atoms with van der Waals surface area (Å²) in [5, 5.41) is 7.32. The van der Waals surface area contributed by atoms with Gasteiger partial charge in [0.25, 0.3) is 5.91 Å². The summed E-state index contributed by atoms with van der Waals surface area (Å²) >= 11 is 1.64. The summed E-state index contributed by atoms with van der Waals surface area (Å²) < 4.78 is 1.91. The van der Waals surface area contributed by atoms with Crippen molar-refractivity contribution in [2.45, 2.75) is 44.2 Å². The van der Waals surface area contributed by atoms with Gasteiger partial charge in [0.1, 0.15) is 5.69 Å². The Balaban J connectivity index is 1.48. The summed E-state index contributed by atoms with van der Waals surface area (Å²) in [5.74, 6) is 0.711. The number of carbonyl (C=O) groups is 1. The van der Waals surface area contributed by atoms with Gasteiger partial charge >= 0.3 is 0 Å². The number of rotatable bonds is 4. The van der Waals surface area contributed by atoms with Crippen LogP contribution in [0.25, 0.3) is 0 Å². The molecule has 1 amide bonds. The third kappa shape index (κ3) is 2.60. The van der Waals surface area contributed by atoms with Gasteiger partial charge in [0, 0.05) is 30.2 Å². The van der Waals surface area contributed by atoms with E-state index in [2.05, 4.69) is 10.1 Å². The molecule has 4 rings (SSSR count). The van der Waals surface area contributed by atoms with Gasteiger partial charge in [-0.3, -0.25) is 9.48 Å². The number of nitrogens with zero attached hydrogens (tertiary/aromatic N) is 4. The van der Waals surface area contributed by atoms with Crippen molar-refractivity contribution in [1.29, 1.82) is 0 Å². The molecule has 0 spiro atoms. The number of amides is 1. The minimum Gasteiger partial charge on any atom is -0.332 e. The highest BCUT2D eigenvalue weighted by molar-refractivity contribution is 7.10. The molecule has 1 aliphatic heterocycles. The zero-order valence-corrected chi connectivity index (χ0v) is 12.6. The second-order valence-electron chi connectivity index (χ2n) is 5.87. The third-order valence-corrected chi connectivity index (χ3v) is 5.27. The van der Waals surface area contributed by atoms with E-state index in [4.69, 9.17) is 0 Å². The summed E-state index contributed by atoms with van der Waals surface area (Å²) in [5.41, 5.74) is 0.634. The van der Waals surface area contributed by atoms with Crippen LogP contribution in [0.4, 0.5) is 0 Å². The fraction of sp³-hybridized carbons (Fsp3) is 0.533. The van der Waals surface area contributed by atoms with Crippen molar-refractivity contribution in [3.8, 4) is 0 Å². The molecule has 1 atom stereocenters. The molecule has 5 nitrogen and oxygen atoms in total. The van der Waals surface area contributed by atoms with Crippen molar-refractivity contribution < 1.29 is 4.79 Å². The SMILES string of the molecule is O=C(c1csc(C2CC2)n1)N1CCC[C@H]1Cn1cccn1. The van der Waals surface area contributed by atoms with Gasteiger partial charge in [-0.1, -0.05) is 0 Å². The van der Waals surface area contributed by atoms with E-state index in [9.17, 15) is 4.79 Å². The van der Waals surface area contributed by atoms with Crippen molar-refractivity contribution in [1.82, 2.24) is 19.7 Å². The molecule has 2 aromatic rings. The van der Waals surface area contributed by atoms with Crippen molar-refractivity contribution >= 4 is 17.2 Å². The van der Waals surface area contributed by atoms with Crippen LogP contribution in [0, 0.1) is 0 Å². The molecule has 0 N–H and O–H groups in total. The van der Waals surface area contributed by atoms with E-state index in [1.54, 1.807) is 17.5 Å². The van der Waals surface area contributed by atoms with E-state index in [1.807, 2.05) is 27.2 Å². The Kier molecular flexibility index (Phi) is 3.25. The Bertz CT molecular complexity index is 632. The topological polar surface area (TPSA) is 51.0 Å². The number of likely N-dealkylation sites (tertiary alicyclic amines) is 1. The second-order valence-corrected chi connectivity index (χ2v) is 6.76. The maximum Gasteiger partial charge on any atom is 0.273 e. The van der Waals surface area contributed by atoms with E-state index in [0.717, 1.165) is 30.9 Å². The minimum absolute atomic E-state index is 0.0906. The molecule has 0 bridgehead atoms. The van der Waals surface area contributed by atoms with Crippen LogP contribution in [0.15, 0.2) is 23.8 Å². The Morgan fingerprint density at radius 3 is 3.05 bits per heavy atom. The molecule has 21 heavy (non-hydrogen) atoms. The van der Waals surface area contributed by atoms with Crippen LogP contribution in [0.1, 0.15) is 47.1 Å². The third-order valence-electron chi connectivity index (χ3n) is 4.26. The van der Waals surface area contributed by atoms with Crippen molar-refractivity contribution in [2.75, 3.05) is 6.54 Å². The highest BCUT2D eigenvalue weighted by atomic mass is 32.1. The summed E-state index contributed by atoms with van der Waals surface area (Å²) in [7, 11) is 0. The van der Waals surface area contributed by atoms with Gasteiger partial charge in [0.15, 0.2) is 0 Å². The molecular weight excluding hydrogens is 284 g/mol. The number of carbonyl (C=O) groups excluding carboxylic acids is 1. The molecule has 0 aromatic carbocycles. The van der Waals surface area contributed by atoms with E-state index in [-0.39, 0.29) is 11.9 Å². The summed E-state index contributed by atoms with van der Waals surface area (Å²) in [4.78, 5) is 19.2. The first-order valence-electron chi connectivity index (χ1n) is 7.55.